The molecule has 1 heterocycles. The third-order valence-electron chi connectivity index (χ3n) is 3.97. The van der Waals surface area contributed by atoms with Crippen molar-refractivity contribution in [1.82, 2.24) is 0 Å². The number of anilines is 1. The molecule has 1 aliphatic heterocycles. The number of methoxy groups -OCH3 is 1. The average molecular weight is 247 g/mol. The molecule has 0 aliphatic carbocycles. The minimum Gasteiger partial charge on any atom is -0.467 e. The van der Waals surface area contributed by atoms with Crippen LogP contribution in [0.5, 0.6) is 0 Å². The lowest BCUT2D eigenvalue weighted by Gasteiger charge is -2.39. The molecule has 0 saturated heterocycles. The van der Waals surface area contributed by atoms with Gasteiger partial charge in [0.1, 0.15) is 5.54 Å². The summed E-state index contributed by atoms with van der Waals surface area (Å²) in [6.45, 7) is 6.28. The van der Waals surface area contributed by atoms with Gasteiger partial charge in [-0.2, -0.15) is 0 Å². The number of carbonyl (C=O) groups is 1. The molecule has 18 heavy (non-hydrogen) atoms. The summed E-state index contributed by atoms with van der Waals surface area (Å²) >= 11 is 0. The van der Waals surface area contributed by atoms with Crippen LogP contribution >= 0.6 is 0 Å². The molecule has 98 valence electrons. The summed E-state index contributed by atoms with van der Waals surface area (Å²) < 4.78 is 5.01. The van der Waals surface area contributed by atoms with Crippen LogP contribution in [0.2, 0.25) is 0 Å². The van der Waals surface area contributed by atoms with Gasteiger partial charge in [0.05, 0.1) is 7.11 Å². The summed E-state index contributed by atoms with van der Waals surface area (Å²) in [5.74, 6) is -0.154. The van der Waals surface area contributed by atoms with Gasteiger partial charge in [-0.15, -0.1) is 0 Å². The predicted octanol–water partition coefficient (Wildman–Crippen LogP) is 2.78. The predicted molar refractivity (Wildman–Crippen MR) is 72.8 cm³/mol. The zero-order valence-electron chi connectivity index (χ0n) is 11.6. The Morgan fingerprint density at radius 2 is 2.17 bits per heavy atom. The van der Waals surface area contributed by atoms with Crippen LogP contribution in [0, 0.1) is 0 Å². The highest BCUT2D eigenvalue weighted by Gasteiger charge is 2.48. The van der Waals surface area contributed by atoms with E-state index in [4.69, 9.17) is 4.74 Å². The molecule has 0 amide bonds. The summed E-state index contributed by atoms with van der Waals surface area (Å²) in [5, 5.41) is 0. The van der Waals surface area contributed by atoms with Gasteiger partial charge in [-0.1, -0.05) is 25.1 Å². The topological polar surface area (TPSA) is 29.5 Å². The Morgan fingerprint density at radius 1 is 1.50 bits per heavy atom. The van der Waals surface area contributed by atoms with Gasteiger partial charge >= 0.3 is 5.97 Å². The molecule has 3 heteroatoms. The number of para-hydroxylation sites is 1. The molecule has 2 atom stereocenters. The molecule has 0 saturated carbocycles. The molecule has 0 N–H and O–H groups in total. The van der Waals surface area contributed by atoms with Crippen LogP contribution in [0.3, 0.4) is 0 Å². The molecule has 2 unspecified atom stereocenters. The Hall–Kier alpha value is -1.51. The van der Waals surface area contributed by atoms with Crippen molar-refractivity contribution < 1.29 is 9.53 Å². The van der Waals surface area contributed by atoms with Crippen molar-refractivity contribution in [2.75, 3.05) is 12.0 Å². The van der Waals surface area contributed by atoms with E-state index in [0.717, 1.165) is 12.8 Å². The molecule has 2 rings (SSSR count). The number of benzene rings is 1. The highest BCUT2D eigenvalue weighted by molar-refractivity contribution is 5.88. The summed E-state index contributed by atoms with van der Waals surface area (Å²) in [6.07, 6.45) is 1.72. The third-order valence-corrected chi connectivity index (χ3v) is 3.97. The molecular weight excluding hydrogens is 226 g/mol. The highest BCUT2D eigenvalue weighted by atomic mass is 16.5. The molecule has 0 spiro atoms. The van der Waals surface area contributed by atoms with Crippen LogP contribution in [-0.2, 0) is 16.0 Å². The molecule has 1 aromatic carbocycles. The number of esters is 1. The second-order valence-electron chi connectivity index (χ2n) is 5.20. The van der Waals surface area contributed by atoms with Crippen LogP contribution < -0.4 is 4.90 Å². The maximum atomic E-state index is 12.2. The van der Waals surface area contributed by atoms with Gasteiger partial charge in [-0.3, -0.25) is 0 Å². The van der Waals surface area contributed by atoms with Crippen molar-refractivity contribution in [3.8, 4) is 0 Å². The summed E-state index contributed by atoms with van der Waals surface area (Å²) in [7, 11) is 1.46. The first-order chi connectivity index (χ1) is 8.54. The highest BCUT2D eigenvalue weighted by Crippen LogP contribution is 2.41. The Morgan fingerprint density at radius 3 is 2.78 bits per heavy atom. The maximum absolute atomic E-state index is 12.2. The monoisotopic (exact) mass is 247 g/mol. The number of rotatable bonds is 3. The molecule has 0 radical (unpaired) electrons. The first-order valence-electron chi connectivity index (χ1n) is 6.50. The van der Waals surface area contributed by atoms with Crippen LogP contribution in [-0.4, -0.2) is 24.7 Å². The number of carbonyl (C=O) groups excluding carboxylic acids is 1. The van der Waals surface area contributed by atoms with Gasteiger partial charge in [0.15, 0.2) is 0 Å². The molecule has 0 aromatic heterocycles. The van der Waals surface area contributed by atoms with E-state index in [1.165, 1.54) is 18.4 Å². The second kappa shape index (κ2) is 4.63. The lowest BCUT2D eigenvalue weighted by atomic mass is 9.95. The normalized spacial score (nSPS) is 23.7. The number of hydrogen-bond acceptors (Lipinski definition) is 3. The molecular formula is C15H21NO2. The molecule has 1 aromatic rings. The van der Waals surface area contributed by atoms with Crippen molar-refractivity contribution in [2.24, 2.45) is 0 Å². The fourth-order valence-electron chi connectivity index (χ4n) is 2.91. The zero-order valence-corrected chi connectivity index (χ0v) is 11.6. The smallest absolute Gasteiger partial charge is 0.331 e. The summed E-state index contributed by atoms with van der Waals surface area (Å²) in [6, 6.07) is 8.56. The van der Waals surface area contributed by atoms with E-state index in [9.17, 15) is 4.79 Å². The van der Waals surface area contributed by atoms with E-state index in [-0.39, 0.29) is 5.97 Å². The second-order valence-corrected chi connectivity index (χ2v) is 5.20. The minimum atomic E-state index is -0.576. The van der Waals surface area contributed by atoms with Gasteiger partial charge in [0.25, 0.3) is 0 Å². The number of nitrogens with zero attached hydrogens (tertiary/aromatic N) is 1. The Kier molecular flexibility index (Phi) is 3.33. The average Bonchev–Trinajstić information content (AvgIpc) is 2.70. The Labute approximate surface area is 109 Å². The fourth-order valence-corrected chi connectivity index (χ4v) is 2.91. The summed E-state index contributed by atoms with van der Waals surface area (Å²) in [4.78, 5) is 14.4. The van der Waals surface area contributed by atoms with E-state index in [2.05, 4.69) is 30.9 Å². The van der Waals surface area contributed by atoms with Crippen LogP contribution in [0.1, 0.15) is 32.8 Å². The van der Waals surface area contributed by atoms with Gasteiger partial charge in [-0.05, 0) is 31.9 Å². The van der Waals surface area contributed by atoms with Crippen molar-refractivity contribution in [1.29, 1.82) is 0 Å². The van der Waals surface area contributed by atoms with E-state index >= 15 is 0 Å². The van der Waals surface area contributed by atoms with Gasteiger partial charge in [0, 0.05) is 18.2 Å². The van der Waals surface area contributed by atoms with E-state index in [1.807, 2.05) is 19.1 Å². The van der Waals surface area contributed by atoms with Crippen molar-refractivity contribution in [3.05, 3.63) is 29.8 Å². The van der Waals surface area contributed by atoms with Crippen molar-refractivity contribution in [2.45, 2.75) is 45.2 Å². The quantitative estimate of drug-likeness (QED) is 0.769. The van der Waals surface area contributed by atoms with Gasteiger partial charge in [0.2, 0.25) is 0 Å². The molecule has 0 fully saturated rings. The van der Waals surface area contributed by atoms with E-state index in [0.29, 0.717) is 6.04 Å². The third kappa shape index (κ3) is 1.78. The lowest BCUT2D eigenvalue weighted by Crippen LogP contribution is -2.54. The molecule has 1 aliphatic rings. The standard InChI is InChI=1S/C15H21NO2/c1-5-11(2)16-13-9-7-6-8-12(13)10-15(16,3)14(17)18-4/h6-9,11H,5,10H2,1-4H3. The maximum Gasteiger partial charge on any atom is 0.331 e. The molecule has 3 nitrogen and oxygen atoms in total. The van der Waals surface area contributed by atoms with Crippen molar-refractivity contribution in [3.63, 3.8) is 0 Å². The summed E-state index contributed by atoms with van der Waals surface area (Å²) in [5.41, 5.74) is 1.82. The van der Waals surface area contributed by atoms with Gasteiger partial charge in [-0.25, -0.2) is 4.79 Å². The van der Waals surface area contributed by atoms with E-state index in [1.54, 1.807) is 0 Å². The minimum absolute atomic E-state index is 0.154. The number of ether oxygens (including phenoxy) is 1. The van der Waals surface area contributed by atoms with Crippen LogP contribution in [0.4, 0.5) is 5.69 Å². The first-order valence-corrected chi connectivity index (χ1v) is 6.50. The largest absolute Gasteiger partial charge is 0.467 e. The van der Waals surface area contributed by atoms with E-state index < -0.39 is 5.54 Å². The SMILES string of the molecule is CCC(C)N1c2ccccc2CC1(C)C(=O)OC. The number of hydrogen-bond donors (Lipinski definition) is 0. The van der Waals surface area contributed by atoms with Gasteiger partial charge < -0.3 is 9.64 Å². The number of fused-ring (bicyclic) bond motifs is 1. The Bertz CT molecular complexity index is 458. The zero-order chi connectivity index (χ0) is 13.3. The lowest BCUT2D eigenvalue weighted by molar-refractivity contribution is -0.146. The first kappa shape index (κ1) is 12.9. The van der Waals surface area contributed by atoms with Crippen LogP contribution in [0.25, 0.3) is 0 Å². The fraction of sp³-hybridized carbons (Fsp3) is 0.533. The Balaban J connectivity index is 2.49. The van der Waals surface area contributed by atoms with Crippen molar-refractivity contribution >= 4 is 11.7 Å². The van der Waals surface area contributed by atoms with Crippen LogP contribution in [0.15, 0.2) is 24.3 Å². The molecule has 0 bridgehead atoms.